The van der Waals surface area contributed by atoms with Gasteiger partial charge in [0.25, 0.3) is 0 Å². The maximum Gasteiger partial charge on any atom is 0.239 e. The summed E-state index contributed by atoms with van der Waals surface area (Å²) < 4.78 is 36.7. The summed E-state index contributed by atoms with van der Waals surface area (Å²) in [5, 5.41) is 2.92. The number of carbonyl (C=O) groups excluding carboxylic acids is 1. The molecule has 2 aromatic carbocycles. The van der Waals surface area contributed by atoms with E-state index in [-0.39, 0.29) is 5.75 Å². The highest BCUT2D eigenvalue weighted by atomic mass is 35.5. The van der Waals surface area contributed by atoms with Gasteiger partial charge in [-0.15, -0.1) is 0 Å². The third-order valence-electron chi connectivity index (χ3n) is 2.78. The molecule has 0 saturated heterocycles. The molecule has 0 aliphatic rings. The molecule has 1 N–H and O–H groups in total. The van der Waals surface area contributed by atoms with Gasteiger partial charge in [0.05, 0.1) is 5.75 Å². The zero-order valence-corrected chi connectivity index (χ0v) is 13.0. The summed E-state index contributed by atoms with van der Waals surface area (Å²) in [7, 11) is -3.60. The predicted molar refractivity (Wildman–Crippen MR) is 84.0 cm³/mol. The lowest BCUT2D eigenvalue weighted by molar-refractivity contribution is -0.113. The Bertz CT molecular complexity index is 758. The molecule has 2 aromatic rings. The fourth-order valence-electron chi connectivity index (χ4n) is 1.82. The maximum absolute atomic E-state index is 12.7. The van der Waals surface area contributed by atoms with Crippen molar-refractivity contribution in [3.63, 3.8) is 0 Å². The number of rotatable bonds is 5. The number of amides is 1. The topological polar surface area (TPSA) is 63.2 Å². The monoisotopic (exact) mass is 341 g/mol. The summed E-state index contributed by atoms with van der Waals surface area (Å²) >= 11 is 5.73. The molecule has 0 bridgehead atoms. The molecular weight excluding hydrogens is 329 g/mol. The second-order valence-corrected chi connectivity index (χ2v) is 7.21. The van der Waals surface area contributed by atoms with Crippen LogP contribution in [0.2, 0.25) is 5.02 Å². The minimum atomic E-state index is -3.60. The quantitative estimate of drug-likeness (QED) is 0.909. The van der Waals surface area contributed by atoms with E-state index in [1.165, 1.54) is 24.3 Å². The van der Waals surface area contributed by atoms with Gasteiger partial charge in [-0.25, -0.2) is 12.8 Å². The lowest BCUT2D eigenvalue weighted by Crippen LogP contribution is -2.23. The van der Waals surface area contributed by atoms with E-state index in [4.69, 9.17) is 11.6 Å². The maximum atomic E-state index is 12.7. The van der Waals surface area contributed by atoms with Crippen molar-refractivity contribution in [1.29, 1.82) is 0 Å². The fraction of sp³-hybridized carbons (Fsp3) is 0.133. The summed E-state index contributed by atoms with van der Waals surface area (Å²) in [6.45, 7) is 0. The van der Waals surface area contributed by atoms with Crippen LogP contribution in [0.3, 0.4) is 0 Å². The van der Waals surface area contributed by atoms with E-state index in [0.29, 0.717) is 16.3 Å². The van der Waals surface area contributed by atoms with Gasteiger partial charge >= 0.3 is 0 Å². The lowest BCUT2D eigenvalue weighted by atomic mass is 10.2. The van der Waals surface area contributed by atoms with Gasteiger partial charge in [-0.3, -0.25) is 4.79 Å². The zero-order chi connectivity index (χ0) is 16.2. The highest BCUT2D eigenvalue weighted by Crippen LogP contribution is 2.13. The minimum absolute atomic E-state index is 0.249. The first kappa shape index (κ1) is 16.5. The van der Waals surface area contributed by atoms with Crippen LogP contribution in [0.25, 0.3) is 0 Å². The van der Waals surface area contributed by atoms with Gasteiger partial charge in [-0.05, 0) is 42.0 Å². The molecule has 0 aliphatic carbocycles. The first-order valence-corrected chi connectivity index (χ1v) is 8.54. The fourth-order valence-corrected chi connectivity index (χ4v) is 3.22. The average molecular weight is 342 g/mol. The Kier molecular flexibility index (Phi) is 5.15. The number of carbonyl (C=O) groups is 1. The number of nitrogens with one attached hydrogen (secondary N) is 1. The molecule has 1 amide bonds. The van der Waals surface area contributed by atoms with Crippen LogP contribution in [-0.2, 0) is 20.4 Å². The Morgan fingerprint density at radius 2 is 1.64 bits per heavy atom. The van der Waals surface area contributed by atoms with E-state index >= 15 is 0 Å². The van der Waals surface area contributed by atoms with E-state index in [2.05, 4.69) is 5.32 Å². The third kappa shape index (κ3) is 5.13. The molecule has 0 unspecified atom stereocenters. The van der Waals surface area contributed by atoms with Crippen LogP contribution in [0, 0.1) is 5.82 Å². The first-order chi connectivity index (χ1) is 10.3. The minimum Gasteiger partial charge on any atom is -0.325 e. The van der Waals surface area contributed by atoms with Crippen molar-refractivity contribution >= 4 is 33.0 Å². The van der Waals surface area contributed by atoms with Crippen LogP contribution in [0.15, 0.2) is 48.5 Å². The predicted octanol–water partition coefficient (Wildman–Crippen LogP) is 3.03. The normalized spacial score (nSPS) is 11.2. The Hall–Kier alpha value is -1.92. The SMILES string of the molecule is O=C(CS(=O)(=O)Cc1ccc(Cl)cc1)Nc1ccc(F)cc1. The second-order valence-electron chi connectivity index (χ2n) is 4.71. The molecule has 0 spiro atoms. The molecule has 4 nitrogen and oxygen atoms in total. The molecule has 0 saturated carbocycles. The lowest BCUT2D eigenvalue weighted by Gasteiger charge is -2.07. The average Bonchev–Trinajstić information content (AvgIpc) is 2.43. The summed E-state index contributed by atoms with van der Waals surface area (Å²) in [5.41, 5.74) is 0.895. The van der Waals surface area contributed by atoms with E-state index < -0.39 is 27.3 Å². The van der Waals surface area contributed by atoms with Gasteiger partial charge in [0.15, 0.2) is 9.84 Å². The number of hydrogen-bond donors (Lipinski definition) is 1. The van der Waals surface area contributed by atoms with Crippen LogP contribution in [0.5, 0.6) is 0 Å². The summed E-state index contributed by atoms with van der Waals surface area (Å²) in [6.07, 6.45) is 0. The van der Waals surface area contributed by atoms with Gasteiger partial charge < -0.3 is 5.32 Å². The van der Waals surface area contributed by atoms with Crippen molar-refractivity contribution in [2.45, 2.75) is 5.75 Å². The molecule has 2 rings (SSSR count). The second kappa shape index (κ2) is 6.89. The third-order valence-corrected chi connectivity index (χ3v) is 4.51. The van der Waals surface area contributed by atoms with Gasteiger partial charge in [-0.1, -0.05) is 23.7 Å². The van der Waals surface area contributed by atoms with Crippen molar-refractivity contribution in [1.82, 2.24) is 0 Å². The Balaban J connectivity index is 1.97. The molecule has 22 heavy (non-hydrogen) atoms. The zero-order valence-electron chi connectivity index (χ0n) is 11.4. The molecule has 0 fully saturated rings. The Labute approximate surface area is 132 Å². The Morgan fingerprint density at radius 3 is 2.23 bits per heavy atom. The number of sulfone groups is 1. The summed E-state index contributed by atoms with van der Waals surface area (Å²) in [5.74, 6) is -2.00. The smallest absolute Gasteiger partial charge is 0.239 e. The summed E-state index contributed by atoms with van der Waals surface area (Å²) in [4.78, 5) is 11.8. The highest BCUT2D eigenvalue weighted by Gasteiger charge is 2.17. The molecule has 0 atom stereocenters. The van der Waals surface area contributed by atoms with Gasteiger partial charge in [0.2, 0.25) is 5.91 Å². The number of halogens is 2. The standard InChI is InChI=1S/C15H13ClFNO3S/c16-12-3-1-11(2-4-12)9-22(20,21)10-15(19)18-14-7-5-13(17)6-8-14/h1-8H,9-10H2,(H,18,19). The van der Waals surface area contributed by atoms with Crippen LogP contribution >= 0.6 is 11.6 Å². The van der Waals surface area contributed by atoms with E-state index in [9.17, 15) is 17.6 Å². The molecule has 0 heterocycles. The van der Waals surface area contributed by atoms with Crippen molar-refractivity contribution < 1.29 is 17.6 Å². The molecule has 0 radical (unpaired) electrons. The van der Waals surface area contributed by atoms with Crippen molar-refractivity contribution in [3.8, 4) is 0 Å². The van der Waals surface area contributed by atoms with E-state index in [1.807, 2.05) is 0 Å². The van der Waals surface area contributed by atoms with Crippen LogP contribution < -0.4 is 5.32 Å². The Morgan fingerprint density at radius 1 is 1.05 bits per heavy atom. The van der Waals surface area contributed by atoms with Crippen LogP contribution in [-0.4, -0.2) is 20.1 Å². The van der Waals surface area contributed by atoms with Crippen LogP contribution in [0.1, 0.15) is 5.56 Å². The van der Waals surface area contributed by atoms with E-state index in [1.54, 1.807) is 24.3 Å². The molecular formula is C15H13ClFNO3S. The summed E-state index contributed by atoms with van der Waals surface area (Å²) in [6, 6.07) is 11.4. The van der Waals surface area contributed by atoms with Gasteiger partial charge in [0, 0.05) is 10.7 Å². The van der Waals surface area contributed by atoms with Gasteiger partial charge in [0.1, 0.15) is 11.6 Å². The molecule has 0 aliphatic heterocycles. The number of benzene rings is 2. The van der Waals surface area contributed by atoms with Crippen molar-refractivity contribution in [2.24, 2.45) is 0 Å². The number of hydrogen-bond acceptors (Lipinski definition) is 3. The highest BCUT2D eigenvalue weighted by molar-refractivity contribution is 7.91. The van der Waals surface area contributed by atoms with Crippen LogP contribution in [0.4, 0.5) is 10.1 Å². The number of anilines is 1. The molecule has 7 heteroatoms. The molecule has 116 valence electrons. The van der Waals surface area contributed by atoms with E-state index in [0.717, 1.165) is 0 Å². The molecule has 0 aromatic heterocycles. The van der Waals surface area contributed by atoms with Crippen molar-refractivity contribution in [2.75, 3.05) is 11.1 Å². The van der Waals surface area contributed by atoms with Crippen molar-refractivity contribution in [3.05, 3.63) is 64.9 Å². The first-order valence-electron chi connectivity index (χ1n) is 6.34. The largest absolute Gasteiger partial charge is 0.325 e. The van der Waals surface area contributed by atoms with Gasteiger partial charge in [-0.2, -0.15) is 0 Å².